The topological polar surface area (TPSA) is 63.6 Å². The number of pyridine rings is 1. The maximum absolute atomic E-state index is 9.77. The van der Waals surface area contributed by atoms with E-state index in [1.165, 1.54) is 0 Å². The number of hydrogen-bond acceptors (Lipinski definition) is 5. The van der Waals surface area contributed by atoms with Crippen LogP contribution in [-0.4, -0.2) is 35.5 Å². The van der Waals surface area contributed by atoms with E-state index in [0.717, 1.165) is 24.2 Å². The minimum atomic E-state index is -0.264. The number of aliphatic hydroxyl groups is 1. The van der Waals surface area contributed by atoms with E-state index >= 15 is 0 Å². The minimum Gasteiger partial charge on any atom is -0.455 e. The smallest absolute Gasteiger partial charge is 0.145 e. The largest absolute Gasteiger partial charge is 0.455 e. The second-order valence-corrected chi connectivity index (χ2v) is 5.80. The Morgan fingerprint density at radius 2 is 2.00 bits per heavy atom. The molecule has 0 radical (unpaired) electrons. The maximum atomic E-state index is 9.77. The lowest BCUT2D eigenvalue weighted by Crippen LogP contribution is -2.51. The Bertz CT molecular complexity index is 613. The van der Waals surface area contributed by atoms with Gasteiger partial charge < -0.3 is 19.9 Å². The molecule has 2 aromatic rings. The summed E-state index contributed by atoms with van der Waals surface area (Å²) in [4.78, 5) is 4.07. The number of aliphatic hydroxyl groups excluding tert-OH is 1. The van der Waals surface area contributed by atoms with Crippen LogP contribution in [-0.2, 0) is 11.3 Å². The molecule has 2 N–H and O–H groups in total. The van der Waals surface area contributed by atoms with Crippen molar-refractivity contribution in [3.05, 3.63) is 54.4 Å². The van der Waals surface area contributed by atoms with Crippen LogP contribution >= 0.6 is 0 Å². The van der Waals surface area contributed by atoms with Gasteiger partial charge in [0.25, 0.3) is 0 Å². The molecule has 2 heterocycles. The van der Waals surface area contributed by atoms with E-state index in [1.807, 2.05) is 36.4 Å². The molecular weight excluding hydrogens is 292 g/mol. The second-order valence-electron chi connectivity index (χ2n) is 5.80. The molecule has 0 saturated carbocycles. The van der Waals surface area contributed by atoms with Crippen LogP contribution in [0.2, 0.25) is 0 Å². The Morgan fingerprint density at radius 1 is 1.17 bits per heavy atom. The SMILES string of the molecule is OCC1(NCc2ccccc2Oc2cccnc2)CCOCC1. The van der Waals surface area contributed by atoms with Crippen LogP contribution in [0.15, 0.2) is 48.8 Å². The third-order valence-electron chi connectivity index (χ3n) is 4.24. The Morgan fingerprint density at radius 3 is 2.74 bits per heavy atom. The van der Waals surface area contributed by atoms with E-state index in [9.17, 15) is 5.11 Å². The first-order valence-corrected chi connectivity index (χ1v) is 7.91. The van der Waals surface area contributed by atoms with Crippen molar-refractivity contribution in [1.82, 2.24) is 10.3 Å². The summed E-state index contributed by atoms with van der Waals surface area (Å²) in [7, 11) is 0. The van der Waals surface area contributed by atoms with E-state index < -0.39 is 0 Å². The lowest BCUT2D eigenvalue weighted by molar-refractivity contribution is 0.0111. The van der Waals surface area contributed by atoms with Crippen LogP contribution in [0.25, 0.3) is 0 Å². The summed E-state index contributed by atoms with van der Waals surface area (Å²) in [6.45, 7) is 2.11. The highest BCUT2D eigenvalue weighted by Crippen LogP contribution is 2.26. The molecule has 0 bridgehead atoms. The normalized spacial score (nSPS) is 16.9. The van der Waals surface area contributed by atoms with Crippen LogP contribution in [0, 0.1) is 0 Å². The van der Waals surface area contributed by atoms with Gasteiger partial charge in [-0.05, 0) is 31.0 Å². The zero-order valence-electron chi connectivity index (χ0n) is 13.1. The molecule has 1 aromatic carbocycles. The third-order valence-corrected chi connectivity index (χ3v) is 4.24. The predicted octanol–water partition coefficient (Wildman–Crippen LogP) is 2.50. The first-order chi connectivity index (χ1) is 11.3. The fourth-order valence-electron chi connectivity index (χ4n) is 2.72. The minimum absolute atomic E-state index is 0.113. The second kappa shape index (κ2) is 7.55. The number of para-hydroxylation sites is 1. The summed E-state index contributed by atoms with van der Waals surface area (Å²) >= 11 is 0. The molecule has 122 valence electrons. The molecule has 5 heteroatoms. The quantitative estimate of drug-likeness (QED) is 0.858. The van der Waals surface area contributed by atoms with Gasteiger partial charge >= 0.3 is 0 Å². The molecule has 0 amide bonds. The average molecular weight is 314 g/mol. The predicted molar refractivity (Wildman–Crippen MR) is 87.5 cm³/mol. The Hall–Kier alpha value is -1.95. The molecule has 1 aromatic heterocycles. The van der Waals surface area contributed by atoms with E-state index in [4.69, 9.17) is 9.47 Å². The highest BCUT2D eigenvalue weighted by atomic mass is 16.5. The summed E-state index contributed by atoms with van der Waals surface area (Å²) in [6, 6.07) is 11.6. The fraction of sp³-hybridized carbons (Fsp3) is 0.389. The zero-order chi connectivity index (χ0) is 16.0. The summed E-state index contributed by atoms with van der Waals surface area (Å²) in [5.41, 5.74) is 0.787. The van der Waals surface area contributed by atoms with Gasteiger partial charge in [0.15, 0.2) is 0 Å². The van der Waals surface area contributed by atoms with Crippen molar-refractivity contribution in [2.45, 2.75) is 24.9 Å². The number of nitrogens with zero attached hydrogens (tertiary/aromatic N) is 1. The van der Waals surface area contributed by atoms with E-state index in [0.29, 0.717) is 25.5 Å². The molecule has 3 rings (SSSR count). The highest BCUT2D eigenvalue weighted by molar-refractivity contribution is 5.37. The van der Waals surface area contributed by atoms with Crippen molar-refractivity contribution in [3.63, 3.8) is 0 Å². The molecule has 0 unspecified atom stereocenters. The molecule has 1 aliphatic heterocycles. The van der Waals surface area contributed by atoms with Gasteiger partial charge in [-0.1, -0.05) is 18.2 Å². The van der Waals surface area contributed by atoms with Crippen molar-refractivity contribution in [1.29, 1.82) is 0 Å². The Balaban J connectivity index is 1.70. The van der Waals surface area contributed by atoms with Crippen LogP contribution < -0.4 is 10.1 Å². The number of hydrogen-bond donors (Lipinski definition) is 2. The lowest BCUT2D eigenvalue weighted by atomic mass is 9.90. The van der Waals surface area contributed by atoms with Gasteiger partial charge in [0.05, 0.1) is 12.8 Å². The average Bonchev–Trinajstić information content (AvgIpc) is 2.63. The van der Waals surface area contributed by atoms with Gasteiger partial charge in [-0.3, -0.25) is 4.98 Å². The standard InChI is InChI=1S/C18H22N2O3/c21-14-18(7-10-22-11-8-18)20-12-15-4-1-2-6-17(15)23-16-5-3-9-19-13-16/h1-6,9,13,20-21H,7-8,10-12,14H2. The van der Waals surface area contributed by atoms with Gasteiger partial charge in [-0.2, -0.15) is 0 Å². The highest BCUT2D eigenvalue weighted by Gasteiger charge is 2.31. The fourth-order valence-corrected chi connectivity index (χ4v) is 2.72. The summed E-state index contributed by atoms with van der Waals surface area (Å²) < 4.78 is 11.3. The lowest BCUT2D eigenvalue weighted by Gasteiger charge is -2.36. The zero-order valence-corrected chi connectivity index (χ0v) is 13.1. The van der Waals surface area contributed by atoms with Crippen molar-refractivity contribution in [3.8, 4) is 11.5 Å². The Kier molecular flexibility index (Phi) is 5.23. The molecule has 0 aliphatic carbocycles. The molecular formula is C18H22N2O3. The molecule has 0 spiro atoms. The van der Waals surface area contributed by atoms with Gasteiger partial charge in [0.1, 0.15) is 11.5 Å². The van der Waals surface area contributed by atoms with Gasteiger partial charge in [-0.15, -0.1) is 0 Å². The summed E-state index contributed by atoms with van der Waals surface area (Å²) in [5.74, 6) is 1.51. The molecule has 1 fully saturated rings. The number of ether oxygens (including phenoxy) is 2. The number of nitrogens with one attached hydrogen (secondary N) is 1. The first-order valence-electron chi connectivity index (χ1n) is 7.91. The number of aromatic nitrogens is 1. The van der Waals surface area contributed by atoms with Crippen molar-refractivity contribution < 1.29 is 14.6 Å². The third kappa shape index (κ3) is 4.07. The molecule has 5 nitrogen and oxygen atoms in total. The van der Waals surface area contributed by atoms with Gasteiger partial charge in [-0.25, -0.2) is 0 Å². The van der Waals surface area contributed by atoms with E-state index in [1.54, 1.807) is 12.4 Å². The number of rotatable bonds is 6. The van der Waals surface area contributed by atoms with Crippen LogP contribution in [0.3, 0.4) is 0 Å². The molecule has 0 atom stereocenters. The van der Waals surface area contributed by atoms with E-state index in [-0.39, 0.29) is 12.1 Å². The van der Waals surface area contributed by atoms with Crippen LogP contribution in [0.5, 0.6) is 11.5 Å². The van der Waals surface area contributed by atoms with Gasteiger partial charge in [0.2, 0.25) is 0 Å². The Labute approximate surface area is 136 Å². The molecule has 1 saturated heterocycles. The van der Waals surface area contributed by atoms with Crippen LogP contribution in [0.1, 0.15) is 18.4 Å². The summed E-state index contributed by atoms with van der Waals surface area (Å²) in [5, 5.41) is 13.3. The van der Waals surface area contributed by atoms with Crippen molar-refractivity contribution in [2.24, 2.45) is 0 Å². The van der Waals surface area contributed by atoms with Gasteiger partial charge in [0, 0.05) is 37.1 Å². The monoisotopic (exact) mass is 314 g/mol. The van der Waals surface area contributed by atoms with Crippen molar-refractivity contribution in [2.75, 3.05) is 19.8 Å². The van der Waals surface area contributed by atoms with Crippen molar-refractivity contribution >= 4 is 0 Å². The summed E-state index contributed by atoms with van der Waals surface area (Å²) in [6.07, 6.45) is 5.04. The molecule has 1 aliphatic rings. The van der Waals surface area contributed by atoms with Crippen LogP contribution in [0.4, 0.5) is 0 Å². The molecule has 23 heavy (non-hydrogen) atoms. The first kappa shape index (κ1) is 15.9. The maximum Gasteiger partial charge on any atom is 0.145 e. The number of benzene rings is 1. The van der Waals surface area contributed by atoms with E-state index in [2.05, 4.69) is 10.3 Å².